The molecule has 0 saturated carbocycles. The van der Waals surface area contributed by atoms with Gasteiger partial charge in [-0.3, -0.25) is 4.79 Å². The number of aryl methyl sites for hydroxylation is 1. The largest absolute Gasteiger partial charge is 0.491 e. The van der Waals surface area contributed by atoms with E-state index < -0.39 is 5.60 Å². The average molecular weight is 421 g/mol. The summed E-state index contributed by atoms with van der Waals surface area (Å²) in [6.07, 6.45) is 6.14. The van der Waals surface area contributed by atoms with E-state index in [4.69, 9.17) is 9.47 Å². The topological polar surface area (TPSA) is 55.8 Å². The normalized spacial score (nSPS) is 20.2. The predicted octanol–water partition coefficient (Wildman–Crippen LogP) is 5.50. The molecule has 4 rings (SSSR count). The number of ether oxygens (including phenoxy) is 2. The minimum Gasteiger partial charge on any atom is -0.491 e. The van der Waals surface area contributed by atoms with Crippen LogP contribution in [0, 0.1) is 5.92 Å². The summed E-state index contributed by atoms with van der Waals surface area (Å²) in [4.78, 5) is 12.1. The number of ketones is 1. The molecule has 2 atom stereocenters. The first kappa shape index (κ1) is 21.6. The molecule has 0 radical (unpaired) electrons. The lowest BCUT2D eigenvalue weighted by Gasteiger charge is -2.44. The smallest absolute Gasteiger partial charge is 0.156 e. The lowest BCUT2D eigenvalue weighted by molar-refractivity contribution is -0.115. The van der Waals surface area contributed by atoms with Crippen LogP contribution in [0.2, 0.25) is 0 Å². The Morgan fingerprint density at radius 3 is 2.74 bits per heavy atom. The molecular weight excluding hydrogens is 388 g/mol. The van der Waals surface area contributed by atoms with Crippen molar-refractivity contribution in [3.05, 3.63) is 65.2 Å². The molecule has 4 heteroatoms. The van der Waals surface area contributed by atoms with Gasteiger partial charge < -0.3 is 14.6 Å². The van der Waals surface area contributed by atoms with Crippen LogP contribution in [0.15, 0.2) is 48.5 Å². The Morgan fingerprint density at radius 1 is 1.23 bits per heavy atom. The predicted molar refractivity (Wildman–Crippen MR) is 122 cm³/mol. The van der Waals surface area contributed by atoms with Gasteiger partial charge in [-0.25, -0.2) is 0 Å². The molecule has 2 unspecified atom stereocenters. The SMILES string of the molecule is CC(CCCc1ccccc1)Oc1cc(CO)c2c(c1)OC(C)(C)C1CCC(=O)C=C21. The number of aliphatic hydroxyl groups excluding tert-OH is 1. The molecule has 2 aromatic rings. The number of allylic oxidation sites excluding steroid dienone is 1. The first-order chi connectivity index (χ1) is 14.9. The number of benzene rings is 2. The molecule has 31 heavy (non-hydrogen) atoms. The van der Waals surface area contributed by atoms with Crippen LogP contribution in [-0.4, -0.2) is 22.6 Å². The van der Waals surface area contributed by atoms with Gasteiger partial charge in [-0.1, -0.05) is 30.3 Å². The van der Waals surface area contributed by atoms with E-state index in [9.17, 15) is 9.90 Å². The zero-order chi connectivity index (χ0) is 22.0. The molecule has 0 aromatic heterocycles. The minimum atomic E-state index is -0.411. The second-order valence-corrected chi connectivity index (χ2v) is 9.28. The van der Waals surface area contributed by atoms with Crippen molar-refractivity contribution in [1.82, 2.24) is 0 Å². The monoisotopic (exact) mass is 420 g/mol. The van der Waals surface area contributed by atoms with Gasteiger partial charge in [0, 0.05) is 24.0 Å². The highest BCUT2D eigenvalue weighted by Gasteiger charge is 2.43. The van der Waals surface area contributed by atoms with Gasteiger partial charge in [-0.15, -0.1) is 0 Å². The molecule has 0 amide bonds. The molecule has 1 aliphatic heterocycles. The van der Waals surface area contributed by atoms with Crippen molar-refractivity contribution >= 4 is 11.4 Å². The molecule has 1 heterocycles. The van der Waals surface area contributed by atoms with E-state index >= 15 is 0 Å². The van der Waals surface area contributed by atoms with Crippen LogP contribution in [-0.2, 0) is 17.8 Å². The van der Waals surface area contributed by atoms with E-state index in [1.807, 2.05) is 18.2 Å². The molecule has 0 spiro atoms. The van der Waals surface area contributed by atoms with Gasteiger partial charge in [0.05, 0.1) is 12.7 Å². The van der Waals surface area contributed by atoms with Crippen LogP contribution in [0.5, 0.6) is 11.5 Å². The third-order valence-corrected chi connectivity index (χ3v) is 6.46. The average Bonchev–Trinajstić information content (AvgIpc) is 2.73. The second kappa shape index (κ2) is 8.88. The van der Waals surface area contributed by atoms with Crippen LogP contribution < -0.4 is 9.47 Å². The molecule has 2 aliphatic rings. The van der Waals surface area contributed by atoms with Crippen molar-refractivity contribution in [3.8, 4) is 11.5 Å². The Hall–Kier alpha value is -2.59. The van der Waals surface area contributed by atoms with Crippen LogP contribution in [0.4, 0.5) is 0 Å². The van der Waals surface area contributed by atoms with Gasteiger partial charge in [0.1, 0.15) is 17.1 Å². The van der Waals surface area contributed by atoms with Crippen LogP contribution in [0.25, 0.3) is 5.57 Å². The molecule has 1 aliphatic carbocycles. The maximum Gasteiger partial charge on any atom is 0.156 e. The van der Waals surface area contributed by atoms with Crippen molar-refractivity contribution in [1.29, 1.82) is 0 Å². The quantitative estimate of drug-likeness (QED) is 0.642. The summed E-state index contributed by atoms with van der Waals surface area (Å²) in [5, 5.41) is 10.1. The van der Waals surface area contributed by atoms with Gasteiger partial charge in [0.25, 0.3) is 0 Å². The van der Waals surface area contributed by atoms with Crippen LogP contribution in [0.3, 0.4) is 0 Å². The molecule has 0 bridgehead atoms. The fraction of sp³-hybridized carbons (Fsp3) is 0.444. The van der Waals surface area contributed by atoms with Gasteiger partial charge in [0.15, 0.2) is 5.78 Å². The summed E-state index contributed by atoms with van der Waals surface area (Å²) in [6.45, 7) is 6.10. The zero-order valence-corrected chi connectivity index (χ0v) is 18.7. The van der Waals surface area contributed by atoms with Gasteiger partial charge in [-0.2, -0.15) is 0 Å². The van der Waals surface area contributed by atoms with Gasteiger partial charge in [0.2, 0.25) is 0 Å². The van der Waals surface area contributed by atoms with Gasteiger partial charge >= 0.3 is 0 Å². The van der Waals surface area contributed by atoms with E-state index in [0.717, 1.165) is 42.4 Å². The summed E-state index contributed by atoms with van der Waals surface area (Å²) in [7, 11) is 0. The summed E-state index contributed by atoms with van der Waals surface area (Å²) >= 11 is 0. The van der Waals surface area contributed by atoms with Crippen LogP contribution in [0.1, 0.15) is 63.1 Å². The fourth-order valence-corrected chi connectivity index (χ4v) is 4.89. The molecule has 4 nitrogen and oxygen atoms in total. The molecule has 164 valence electrons. The first-order valence-electron chi connectivity index (χ1n) is 11.3. The van der Waals surface area contributed by atoms with Crippen molar-refractivity contribution in [2.75, 3.05) is 0 Å². The highest BCUT2D eigenvalue weighted by atomic mass is 16.5. The molecule has 2 aromatic carbocycles. The Bertz CT molecular complexity index is 974. The summed E-state index contributed by atoms with van der Waals surface area (Å²) in [5.74, 6) is 1.69. The summed E-state index contributed by atoms with van der Waals surface area (Å²) in [6, 6.07) is 14.3. The Morgan fingerprint density at radius 2 is 2.00 bits per heavy atom. The number of hydrogen-bond acceptors (Lipinski definition) is 4. The Kier molecular flexibility index (Phi) is 6.19. The molecule has 0 saturated heterocycles. The highest BCUT2D eigenvalue weighted by Crippen LogP contribution is 2.50. The van der Waals surface area contributed by atoms with Gasteiger partial charge in [-0.05, 0) is 75.3 Å². The van der Waals surface area contributed by atoms with Crippen molar-refractivity contribution in [3.63, 3.8) is 0 Å². The van der Waals surface area contributed by atoms with E-state index in [1.54, 1.807) is 6.08 Å². The zero-order valence-electron chi connectivity index (χ0n) is 18.7. The summed E-state index contributed by atoms with van der Waals surface area (Å²) in [5.41, 5.74) is 3.54. The number of carbonyl (C=O) groups is 1. The standard InChI is InChI=1S/C27H32O4/c1-18(8-7-11-19-9-5-4-6-10-19)30-22-14-20(17-28)26-23-15-21(29)12-13-24(23)27(2,3)31-25(26)16-22/h4-6,9-10,14-16,18,24,28H,7-8,11-13,17H2,1-3H3. The summed E-state index contributed by atoms with van der Waals surface area (Å²) < 4.78 is 12.6. The van der Waals surface area contributed by atoms with E-state index in [1.165, 1.54) is 5.56 Å². The van der Waals surface area contributed by atoms with Crippen molar-refractivity contribution in [2.24, 2.45) is 5.92 Å². The Balaban J connectivity index is 1.52. The highest BCUT2D eigenvalue weighted by molar-refractivity contribution is 6.00. The maximum atomic E-state index is 12.1. The first-order valence-corrected chi connectivity index (χ1v) is 11.3. The molecule has 0 fully saturated rings. The lowest BCUT2D eigenvalue weighted by atomic mass is 9.71. The fourth-order valence-electron chi connectivity index (χ4n) is 4.89. The van der Waals surface area contributed by atoms with Crippen LogP contribution >= 0.6 is 0 Å². The second-order valence-electron chi connectivity index (χ2n) is 9.28. The third-order valence-electron chi connectivity index (χ3n) is 6.46. The van der Waals surface area contributed by atoms with E-state index in [2.05, 4.69) is 45.0 Å². The van der Waals surface area contributed by atoms with E-state index in [0.29, 0.717) is 17.9 Å². The number of aliphatic hydroxyl groups is 1. The number of hydrogen-bond donors (Lipinski definition) is 1. The Labute approximate surface area is 184 Å². The molecular formula is C27H32O4. The maximum absolute atomic E-state index is 12.1. The molecule has 1 N–H and O–H groups in total. The van der Waals surface area contributed by atoms with E-state index in [-0.39, 0.29) is 24.4 Å². The lowest BCUT2D eigenvalue weighted by Crippen LogP contribution is -2.43. The third kappa shape index (κ3) is 4.69. The number of fused-ring (bicyclic) bond motifs is 3. The van der Waals surface area contributed by atoms with Crippen molar-refractivity contribution < 1.29 is 19.4 Å². The number of carbonyl (C=O) groups excluding carboxylic acids is 1. The number of rotatable bonds is 7. The van der Waals surface area contributed by atoms with Crippen molar-refractivity contribution in [2.45, 2.75) is 71.2 Å². The minimum absolute atomic E-state index is 0.0492.